The van der Waals surface area contributed by atoms with E-state index in [1.54, 1.807) is 18.2 Å². The van der Waals surface area contributed by atoms with Crippen LogP contribution in [0, 0.1) is 6.92 Å². The van der Waals surface area contributed by atoms with E-state index in [4.69, 9.17) is 5.73 Å². The van der Waals surface area contributed by atoms with Gasteiger partial charge in [-0.15, -0.1) is 0 Å². The van der Waals surface area contributed by atoms with Crippen LogP contribution in [-0.4, -0.2) is 17.1 Å². The molecule has 4 heteroatoms. The van der Waals surface area contributed by atoms with Crippen LogP contribution < -0.4 is 11.1 Å². The van der Waals surface area contributed by atoms with Gasteiger partial charge in [0.2, 0.25) is 5.91 Å². The monoisotopic (exact) mass is 236 g/mol. The standard InChI is InChI=1S/C13H20N2O2/c1-9-6-7-12(16)11(8-9)15-13(17)5-3-4-10(2)14/h6-8,10,16H,3-5,14H2,1-2H3,(H,15,17). The predicted molar refractivity (Wildman–Crippen MR) is 69.0 cm³/mol. The van der Waals surface area contributed by atoms with Crippen molar-refractivity contribution in [2.45, 2.75) is 39.2 Å². The second-order valence-electron chi connectivity index (χ2n) is 4.44. The summed E-state index contributed by atoms with van der Waals surface area (Å²) in [5.41, 5.74) is 7.07. The van der Waals surface area contributed by atoms with E-state index in [0.29, 0.717) is 12.1 Å². The first kappa shape index (κ1) is 13.5. The lowest BCUT2D eigenvalue weighted by molar-refractivity contribution is -0.116. The Bertz CT molecular complexity index is 389. The Morgan fingerprint density at radius 1 is 1.53 bits per heavy atom. The van der Waals surface area contributed by atoms with Gasteiger partial charge in [-0.05, 0) is 44.4 Å². The minimum atomic E-state index is -0.0912. The van der Waals surface area contributed by atoms with Crippen LogP contribution in [0.1, 0.15) is 31.7 Å². The van der Waals surface area contributed by atoms with Crippen LogP contribution in [0.25, 0.3) is 0 Å². The maximum atomic E-state index is 11.6. The third-order valence-electron chi connectivity index (χ3n) is 2.49. The van der Waals surface area contributed by atoms with Crippen molar-refractivity contribution in [1.82, 2.24) is 0 Å². The third kappa shape index (κ3) is 4.87. The number of nitrogens with two attached hydrogens (primary N) is 1. The minimum Gasteiger partial charge on any atom is -0.506 e. The molecule has 0 radical (unpaired) electrons. The number of anilines is 1. The van der Waals surface area contributed by atoms with E-state index in [1.807, 2.05) is 13.8 Å². The average Bonchev–Trinajstić information content (AvgIpc) is 2.23. The van der Waals surface area contributed by atoms with Crippen LogP contribution in [-0.2, 0) is 4.79 Å². The molecule has 17 heavy (non-hydrogen) atoms. The van der Waals surface area contributed by atoms with Gasteiger partial charge in [-0.1, -0.05) is 6.07 Å². The number of aromatic hydroxyl groups is 1. The molecule has 0 saturated heterocycles. The van der Waals surface area contributed by atoms with Gasteiger partial charge in [-0.25, -0.2) is 0 Å². The van der Waals surface area contributed by atoms with Gasteiger partial charge >= 0.3 is 0 Å². The molecule has 0 heterocycles. The first-order valence-electron chi connectivity index (χ1n) is 5.84. The van der Waals surface area contributed by atoms with Gasteiger partial charge in [0.05, 0.1) is 5.69 Å². The minimum absolute atomic E-state index is 0.0912. The molecular formula is C13H20N2O2. The fourth-order valence-corrected chi connectivity index (χ4v) is 1.55. The van der Waals surface area contributed by atoms with E-state index in [9.17, 15) is 9.90 Å². The molecule has 0 aliphatic rings. The summed E-state index contributed by atoms with van der Waals surface area (Å²) in [4.78, 5) is 11.6. The van der Waals surface area contributed by atoms with Gasteiger partial charge < -0.3 is 16.2 Å². The zero-order valence-electron chi connectivity index (χ0n) is 10.4. The molecule has 1 aromatic rings. The Balaban J connectivity index is 2.47. The molecule has 4 nitrogen and oxygen atoms in total. The lowest BCUT2D eigenvalue weighted by Gasteiger charge is -2.08. The van der Waals surface area contributed by atoms with Crippen molar-refractivity contribution >= 4 is 11.6 Å². The topological polar surface area (TPSA) is 75.3 Å². The summed E-state index contributed by atoms with van der Waals surface area (Å²) in [5.74, 6) is 0.00249. The van der Waals surface area contributed by atoms with Crippen molar-refractivity contribution in [2.24, 2.45) is 5.73 Å². The molecule has 0 saturated carbocycles. The molecule has 0 bridgehead atoms. The molecule has 0 spiro atoms. The molecule has 4 N–H and O–H groups in total. The zero-order chi connectivity index (χ0) is 12.8. The quantitative estimate of drug-likeness (QED) is 0.686. The van der Waals surface area contributed by atoms with Crippen molar-refractivity contribution in [3.63, 3.8) is 0 Å². The number of phenols is 1. The molecule has 1 rings (SSSR count). The average molecular weight is 236 g/mol. The SMILES string of the molecule is Cc1ccc(O)c(NC(=O)CCCC(C)N)c1. The van der Waals surface area contributed by atoms with Crippen molar-refractivity contribution in [3.8, 4) is 5.75 Å². The zero-order valence-corrected chi connectivity index (χ0v) is 10.4. The summed E-state index contributed by atoms with van der Waals surface area (Å²) in [5, 5.41) is 12.3. The fraction of sp³-hybridized carbons (Fsp3) is 0.462. The summed E-state index contributed by atoms with van der Waals surface area (Å²) < 4.78 is 0. The van der Waals surface area contributed by atoms with E-state index in [0.717, 1.165) is 18.4 Å². The van der Waals surface area contributed by atoms with Crippen LogP contribution >= 0.6 is 0 Å². The Hall–Kier alpha value is -1.55. The molecule has 0 fully saturated rings. The number of nitrogens with one attached hydrogen (secondary N) is 1. The van der Waals surface area contributed by atoms with E-state index in [2.05, 4.69) is 5.32 Å². The number of hydrogen-bond acceptors (Lipinski definition) is 3. The van der Waals surface area contributed by atoms with Gasteiger partial charge in [0, 0.05) is 12.5 Å². The van der Waals surface area contributed by atoms with Crippen LogP contribution in [0.5, 0.6) is 5.75 Å². The van der Waals surface area contributed by atoms with Crippen LogP contribution in [0.2, 0.25) is 0 Å². The summed E-state index contributed by atoms with van der Waals surface area (Å²) in [6.07, 6.45) is 2.01. The number of benzene rings is 1. The molecular weight excluding hydrogens is 216 g/mol. The molecule has 1 amide bonds. The molecule has 0 aromatic heterocycles. The van der Waals surface area contributed by atoms with Crippen molar-refractivity contribution in [3.05, 3.63) is 23.8 Å². The van der Waals surface area contributed by atoms with Gasteiger partial charge in [-0.3, -0.25) is 4.79 Å². The van der Waals surface area contributed by atoms with E-state index < -0.39 is 0 Å². The number of rotatable bonds is 5. The number of aryl methyl sites for hydroxylation is 1. The van der Waals surface area contributed by atoms with Gasteiger partial charge in [0.25, 0.3) is 0 Å². The summed E-state index contributed by atoms with van der Waals surface area (Å²) in [7, 11) is 0. The molecule has 94 valence electrons. The lowest BCUT2D eigenvalue weighted by atomic mass is 10.1. The summed E-state index contributed by atoms with van der Waals surface area (Å²) in [6.45, 7) is 3.83. The molecule has 0 aliphatic heterocycles. The number of hydrogen-bond donors (Lipinski definition) is 3. The smallest absolute Gasteiger partial charge is 0.224 e. The molecule has 1 unspecified atom stereocenters. The van der Waals surface area contributed by atoms with E-state index in [-0.39, 0.29) is 17.7 Å². The van der Waals surface area contributed by atoms with Gasteiger partial charge in [-0.2, -0.15) is 0 Å². The number of amides is 1. The van der Waals surface area contributed by atoms with E-state index >= 15 is 0 Å². The number of carbonyl (C=O) groups is 1. The van der Waals surface area contributed by atoms with Crippen molar-refractivity contribution < 1.29 is 9.90 Å². The third-order valence-corrected chi connectivity index (χ3v) is 2.49. The summed E-state index contributed by atoms with van der Waals surface area (Å²) in [6, 6.07) is 5.24. The maximum absolute atomic E-state index is 11.6. The predicted octanol–water partition coefficient (Wildman–Crippen LogP) is 2.16. The second-order valence-corrected chi connectivity index (χ2v) is 4.44. The Labute approximate surface area is 102 Å². The highest BCUT2D eigenvalue weighted by Gasteiger charge is 2.06. The Kier molecular flexibility index (Phi) is 4.97. The lowest BCUT2D eigenvalue weighted by Crippen LogP contribution is -2.16. The second kappa shape index (κ2) is 6.25. The van der Waals surface area contributed by atoms with Gasteiger partial charge in [0.1, 0.15) is 5.75 Å². The van der Waals surface area contributed by atoms with E-state index in [1.165, 1.54) is 0 Å². The molecule has 0 aliphatic carbocycles. The molecule has 1 aromatic carbocycles. The first-order chi connectivity index (χ1) is 7.99. The largest absolute Gasteiger partial charge is 0.506 e. The van der Waals surface area contributed by atoms with Crippen LogP contribution in [0.4, 0.5) is 5.69 Å². The number of carbonyl (C=O) groups excluding carboxylic acids is 1. The van der Waals surface area contributed by atoms with Crippen LogP contribution in [0.3, 0.4) is 0 Å². The normalized spacial score (nSPS) is 12.2. The maximum Gasteiger partial charge on any atom is 0.224 e. The highest BCUT2D eigenvalue weighted by molar-refractivity contribution is 5.92. The number of phenolic OH excluding ortho intramolecular Hbond substituents is 1. The van der Waals surface area contributed by atoms with Gasteiger partial charge in [0.15, 0.2) is 0 Å². The summed E-state index contributed by atoms with van der Waals surface area (Å²) >= 11 is 0. The fourth-order valence-electron chi connectivity index (χ4n) is 1.55. The Morgan fingerprint density at radius 3 is 2.88 bits per heavy atom. The van der Waals surface area contributed by atoms with Crippen molar-refractivity contribution in [2.75, 3.05) is 5.32 Å². The highest BCUT2D eigenvalue weighted by Crippen LogP contribution is 2.24. The molecule has 1 atom stereocenters. The first-order valence-corrected chi connectivity index (χ1v) is 5.84. The van der Waals surface area contributed by atoms with Crippen LogP contribution in [0.15, 0.2) is 18.2 Å². The highest BCUT2D eigenvalue weighted by atomic mass is 16.3. The Morgan fingerprint density at radius 2 is 2.24 bits per heavy atom. The van der Waals surface area contributed by atoms with Crippen molar-refractivity contribution in [1.29, 1.82) is 0 Å².